The van der Waals surface area contributed by atoms with Crippen LogP contribution in [0.5, 0.6) is 0 Å². The van der Waals surface area contributed by atoms with Gasteiger partial charge in [-0.15, -0.1) is 5.28 Å². The third-order valence-corrected chi connectivity index (χ3v) is 3.55. The highest BCUT2D eigenvalue weighted by Crippen LogP contribution is 2.09. The molecule has 10 heavy (non-hydrogen) atoms. The molecule has 0 spiro atoms. The smallest absolute Gasteiger partial charge is 0.156 e. The molecule has 50 valence electrons. The summed E-state index contributed by atoms with van der Waals surface area (Å²) in [7, 11) is 0. The molecule has 1 heterocycles. The molecule has 0 aromatic rings. The minimum Gasteiger partial charge on any atom is -0.379 e. The molecule has 0 aromatic carbocycles. The highest BCUT2D eigenvalue weighted by Gasteiger charge is 2.06. The van der Waals surface area contributed by atoms with Crippen LogP contribution < -0.4 is 5.32 Å². The predicted molar refractivity (Wildman–Crippen MR) is 48.0 cm³/mol. The minimum atomic E-state index is 0.453. The Morgan fingerprint density at radius 2 is 2.60 bits per heavy atom. The van der Waals surface area contributed by atoms with E-state index >= 15 is 0 Å². The van der Waals surface area contributed by atoms with E-state index in [1.807, 2.05) is 0 Å². The fourth-order valence-corrected chi connectivity index (χ4v) is 1.83. The maximum atomic E-state index is 4.27. The van der Waals surface area contributed by atoms with Gasteiger partial charge in [0.15, 0.2) is 21.5 Å². The Morgan fingerprint density at radius 1 is 1.80 bits per heavy atom. The predicted octanol–water partition coefficient (Wildman–Crippen LogP) is -0.240. The number of hydrogen-bond acceptors (Lipinski definition) is 3. The third-order valence-electron chi connectivity index (χ3n) is 1.15. The van der Waals surface area contributed by atoms with Crippen molar-refractivity contribution in [2.24, 2.45) is 4.99 Å². The highest BCUT2D eigenvalue weighted by atomic mass is 32.2. The summed E-state index contributed by atoms with van der Waals surface area (Å²) in [6.45, 7) is 0.973. The summed E-state index contributed by atoms with van der Waals surface area (Å²) in [5.74, 6) is 1.14. The maximum absolute atomic E-state index is 4.27. The van der Waals surface area contributed by atoms with Crippen molar-refractivity contribution in [2.45, 2.75) is 10.2 Å². The molecular formula is C5H8Al2N2S. The second-order valence-electron chi connectivity index (χ2n) is 2.02. The molecule has 1 unspecified atom stereocenters. The highest BCUT2D eigenvalue weighted by molar-refractivity contribution is 8.14. The molecule has 2 nitrogen and oxygen atoms in total. The lowest BCUT2D eigenvalue weighted by Crippen LogP contribution is -2.32. The fraction of sp³-hybridized carbons (Fsp3) is 0.800. The quantitative estimate of drug-likeness (QED) is 0.596. The van der Waals surface area contributed by atoms with E-state index in [4.69, 9.17) is 0 Å². The maximum Gasteiger partial charge on any atom is 0.156 e. The van der Waals surface area contributed by atoms with Crippen LogP contribution in [0, 0.1) is 0 Å². The average molecular weight is 182 g/mol. The Morgan fingerprint density at radius 3 is 3.10 bits per heavy atom. The third kappa shape index (κ3) is 2.87. The minimum absolute atomic E-state index is 0.453. The van der Waals surface area contributed by atoms with E-state index in [2.05, 4.69) is 42.9 Å². The Labute approximate surface area is 82.1 Å². The molecule has 1 N–H and O–H groups in total. The van der Waals surface area contributed by atoms with Gasteiger partial charge in [0.05, 0.1) is 6.54 Å². The molecule has 0 saturated heterocycles. The van der Waals surface area contributed by atoms with Crippen LogP contribution in [0.4, 0.5) is 0 Å². The SMILES string of the molecule is [Al][CH2][CH]([Al])NC1=NCCS1. The van der Waals surface area contributed by atoms with E-state index in [0.717, 1.165) is 22.7 Å². The standard InChI is InChI=1S/C5H8N2S.2Al/c1-2-6-5-7-3-4-8-5;;/h2H,1,3-4H2,(H,6,7);;. The van der Waals surface area contributed by atoms with Crippen LogP contribution in [0.15, 0.2) is 4.99 Å². The van der Waals surface area contributed by atoms with Gasteiger partial charge in [-0.25, -0.2) is 0 Å². The number of amidine groups is 1. The van der Waals surface area contributed by atoms with Crippen molar-refractivity contribution in [3.05, 3.63) is 0 Å². The van der Waals surface area contributed by atoms with Gasteiger partial charge in [-0.3, -0.25) is 4.99 Å². The number of nitrogens with zero attached hydrogens (tertiary/aromatic N) is 1. The van der Waals surface area contributed by atoms with Crippen molar-refractivity contribution >= 4 is 49.5 Å². The monoisotopic (exact) mass is 182 g/mol. The molecule has 4 radical (unpaired) electrons. The van der Waals surface area contributed by atoms with E-state index in [1.54, 1.807) is 11.8 Å². The number of thioether (sulfide) groups is 1. The van der Waals surface area contributed by atoms with Gasteiger partial charge in [-0.05, 0) is 0 Å². The number of nitrogens with one attached hydrogen (secondary N) is 1. The zero-order chi connectivity index (χ0) is 7.40. The van der Waals surface area contributed by atoms with Crippen molar-refractivity contribution in [1.82, 2.24) is 5.32 Å². The lowest BCUT2D eigenvalue weighted by Gasteiger charge is -2.12. The molecular weight excluding hydrogens is 174 g/mol. The number of hydrogen-bond donors (Lipinski definition) is 1. The first-order valence-corrected chi connectivity index (χ1v) is 5.69. The van der Waals surface area contributed by atoms with Gasteiger partial charge in [0, 0.05) is 5.75 Å². The summed E-state index contributed by atoms with van der Waals surface area (Å²) in [6.07, 6.45) is 0. The van der Waals surface area contributed by atoms with Crippen LogP contribution in [0.3, 0.4) is 0 Å². The average Bonchev–Trinajstić information content (AvgIpc) is 2.40. The molecule has 0 amide bonds. The lowest BCUT2D eigenvalue weighted by atomic mass is 10.7. The van der Waals surface area contributed by atoms with Gasteiger partial charge in [-0.2, -0.15) is 0 Å². The van der Waals surface area contributed by atoms with E-state index < -0.39 is 0 Å². The van der Waals surface area contributed by atoms with E-state index in [9.17, 15) is 0 Å². The van der Waals surface area contributed by atoms with Crippen molar-refractivity contribution in [3.8, 4) is 0 Å². The molecule has 1 aliphatic rings. The second kappa shape index (κ2) is 4.70. The first kappa shape index (κ1) is 8.98. The molecule has 0 aliphatic carbocycles. The van der Waals surface area contributed by atoms with Gasteiger partial charge in [0.25, 0.3) is 0 Å². The molecule has 1 aliphatic heterocycles. The Hall–Kier alpha value is 0.885. The van der Waals surface area contributed by atoms with Crippen LogP contribution in [0.1, 0.15) is 0 Å². The van der Waals surface area contributed by atoms with Crippen LogP contribution in [-0.2, 0) is 0 Å². The summed E-state index contributed by atoms with van der Waals surface area (Å²) in [6, 6.07) is 0. The second-order valence-corrected chi connectivity index (χ2v) is 4.38. The van der Waals surface area contributed by atoms with Crippen LogP contribution >= 0.6 is 11.8 Å². The van der Waals surface area contributed by atoms with E-state index in [1.165, 1.54) is 0 Å². The normalized spacial score (nSPS) is 20.2. The molecule has 0 aromatic heterocycles. The lowest BCUT2D eigenvalue weighted by molar-refractivity contribution is 0.891. The molecule has 0 bridgehead atoms. The van der Waals surface area contributed by atoms with Crippen LogP contribution in [0.25, 0.3) is 0 Å². The number of rotatable bonds is 2. The first-order valence-electron chi connectivity index (χ1n) is 3.22. The molecule has 1 atom stereocenters. The summed E-state index contributed by atoms with van der Waals surface area (Å²) in [5, 5.41) is 5.43. The summed E-state index contributed by atoms with van der Waals surface area (Å²) in [5.41, 5.74) is 0. The van der Waals surface area contributed by atoms with Gasteiger partial charge in [0.1, 0.15) is 16.3 Å². The summed E-state index contributed by atoms with van der Waals surface area (Å²) in [4.78, 5) is 4.72. The Bertz CT molecular complexity index is 140. The summed E-state index contributed by atoms with van der Waals surface area (Å²) < 4.78 is 0. The molecule has 0 saturated carbocycles. The molecule has 1 rings (SSSR count). The van der Waals surface area contributed by atoms with Crippen molar-refractivity contribution in [1.29, 1.82) is 0 Å². The van der Waals surface area contributed by atoms with Gasteiger partial charge < -0.3 is 5.32 Å². The van der Waals surface area contributed by atoms with E-state index in [0.29, 0.717) is 4.90 Å². The van der Waals surface area contributed by atoms with E-state index in [-0.39, 0.29) is 0 Å². The largest absolute Gasteiger partial charge is 0.379 e. The Kier molecular flexibility index (Phi) is 4.22. The molecule has 5 heteroatoms. The number of aliphatic imine (C=N–C) groups is 1. The van der Waals surface area contributed by atoms with Gasteiger partial charge in [0.2, 0.25) is 0 Å². The first-order chi connectivity index (χ1) is 4.83. The zero-order valence-corrected chi connectivity index (χ0v) is 8.83. The summed E-state index contributed by atoms with van der Waals surface area (Å²) >= 11 is 7.24. The van der Waals surface area contributed by atoms with Crippen molar-refractivity contribution < 1.29 is 0 Å². The fourth-order valence-electron chi connectivity index (χ4n) is 0.640. The van der Waals surface area contributed by atoms with Crippen molar-refractivity contribution in [3.63, 3.8) is 0 Å². The van der Waals surface area contributed by atoms with Gasteiger partial charge >= 0.3 is 0 Å². The Balaban J connectivity index is 2.23. The van der Waals surface area contributed by atoms with Crippen LogP contribution in [-0.4, -0.2) is 54.9 Å². The van der Waals surface area contributed by atoms with Crippen molar-refractivity contribution in [2.75, 3.05) is 12.3 Å². The van der Waals surface area contributed by atoms with Crippen LogP contribution in [0.2, 0.25) is 5.28 Å². The van der Waals surface area contributed by atoms with Gasteiger partial charge in [-0.1, -0.05) is 16.7 Å². The molecule has 0 fully saturated rings. The zero-order valence-electron chi connectivity index (χ0n) is 5.71. The topological polar surface area (TPSA) is 24.4 Å².